The van der Waals surface area contributed by atoms with Gasteiger partial charge in [-0.05, 0) is 18.8 Å². The molecule has 3 atom stereocenters. The van der Waals surface area contributed by atoms with Crippen molar-refractivity contribution >= 4 is 11.9 Å². The lowest BCUT2D eigenvalue weighted by Gasteiger charge is -2.29. The van der Waals surface area contributed by atoms with Gasteiger partial charge in [0.2, 0.25) is 5.91 Å². The van der Waals surface area contributed by atoms with Crippen molar-refractivity contribution in [3.8, 4) is 0 Å². The van der Waals surface area contributed by atoms with Crippen LogP contribution in [-0.2, 0) is 14.3 Å². The second kappa shape index (κ2) is 6.86. The molecule has 0 radical (unpaired) electrons. The maximum absolute atomic E-state index is 11.9. The minimum absolute atomic E-state index is 0.0479. The van der Waals surface area contributed by atoms with E-state index in [1.165, 1.54) is 0 Å². The molecule has 3 unspecified atom stereocenters. The molecular weight excluding hydrogens is 248 g/mol. The van der Waals surface area contributed by atoms with Crippen molar-refractivity contribution in [2.75, 3.05) is 26.2 Å². The minimum atomic E-state index is -0.741. The van der Waals surface area contributed by atoms with Crippen LogP contribution in [0.15, 0.2) is 0 Å². The quantitative estimate of drug-likeness (QED) is 0.668. The zero-order valence-corrected chi connectivity index (χ0v) is 11.1. The summed E-state index contributed by atoms with van der Waals surface area (Å²) in [6.07, 6.45) is 3.17. The number of carbonyl (C=O) groups excluding carboxylic acids is 1. The highest BCUT2D eigenvalue weighted by molar-refractivity contribution is 5.81. The van der Waals surface area contributed by atoms with Gasteiger partial charge in [-0.2, -0.15) is 0 Å². The van der Waals surface area contributed by atoms with Crippen LogP contribution in [-0.4, -0.2) is 49.3 Å². The van der Waals surface area contributed by atoms with E-state index >= 15 is 0 Å². The van der Waals surface area contributed by atoms with Gasteiger partial charge in [0.25, 0.3) is 0 Å². The molecule has 1 saturated heterocycles. The molecule has 1 aliphatic carbocycles. The van der Waals surface area contributed by atoms with Crippen LogP contribution in [0.4, 0.5) is 0 Å². The molecule has 0 aromatic heterocycles. The molecule has 19 heavy (non-hydrogen) atoms. The fourth-order valence-corrected chi connectivity index (χ4v) is 2.86. The first-order chi connectivity index (χ1) is 9.18. The highest BCUT2D eigenvalue weighted by Gasteiger charge is 2.31. The second-order valence-corrected chi connectivity index (χ2v) is 5.30. The van der Waals surface area contributed by atoms with E-state index in [2.05, 4.69) is 10.6 Å². The molecule has 1 saturated carbocycles. The van der Waals surface area contributed by atoms with Gasteiger partial charge in [0.1, 0.15) is 6.10 Å². The molecule has 2 rings (SSSR count). The van der Waals surface area contributed by atoms with Crippen molar-refractivity contribution in [3.63, 3.8) is 0 Å². The number of rotatable bonds is 4. The maximum atomic E-state index is 11.9. The first-order valence-corrected chi connectivity index (χ1v) is 7.01. The van der Waals surface area contributed by atoms with E-state index in [-0.39, 0.29) is 17.7 Å². The zero-order chi connectivity index (χ0) is 13.7. The molecule has 0 bridgehead atoms. The van der Waals surface area contributed by atoms with Crippen LogP contribution in [0, 0.1) is 11.8 Å². The van der Waals surface area contributed by atoms with Gasteiger partial charge in [-0.25, -0.2) is 0 Å². The molecule has 6 heteroatoms. The van der Waals surface area contributed by atoms with Crippen LogP contribution in [0.2, 0.25) is 0 Å². The number of carboxylic acids is 1. The number of hydrogen-bond donors (Lipinski definition) is 3. The van der Waals surface area contributed by atoms with Crippen LogP contribution in [0.5, 0.6) is 0 Å². The number of amides is 1. The molecular formula is C13H22N2O4. The van der Waals surface area contributed by atoms with Gasteiger partial charge in [-0.3, -0.25) is 9.59 Å². The molecule has 1 heterocycles. The maximum Gasteiger partial charge on any atom is 0.306 e. The summed E-state index contributed by atoms with van der Waals surface area (Å²) < 4.78 is 5.36. The number of carboxylic acid groups (broad SMARTS) is 1. The Hall–Kier alpha value is -1.14. The summed E-state index contributed by atoms with van der Waals surface area (Å²) in [6, 6.07) is 0. The Bertz CT molecular complexity index is 329. The van der Waals surface area contributed by atoms with Crippen LogP contribution in [0.1, 0.15) is 25.7 Å². The monoisotopic (exact) mass is 270 g/mol. The molecule has 0 aromatic rings. The molecule has 108 valence electrons. The van der Waals surface area contributed by atoms with Crippen molar-refractivity contribution < 1.29 is 19.4 Å². The van der Waals surface area contributed by atoms with Crippen LogP contribution >= 0.6 is 0 Å². The van der Waals surface area contributed by atoms with Gasteiger partial charge in [0.05, 0.1) is 12.5 Å². The highest BCUT2D eigenvalue weighted by atomic mass is 16.5. The third-order valence-electron chi connectivity index (χ3n) is 3.98. The first kappa shape index (κ1) is 14.3. The standard InChI is InChI=1S/C13H22N2O4/c16-12(11-8-14-5-6-19-11)15-7-9-3-1-2-4-10(9)13(17)18/h9-11,14H,1-8H2,(H,15,16)(H,17,18). The Kier molecular flexibility index (Phi) is 5.15. The van der Waals surface area contributed by atoms with Gasteiger partial charge in [-0.15, -0.1) is 0 Å². The molecule has 6 nitrogen and oxygen atoms in total. The third kappa shape index (κ3) is 3.91. The number of hydrogen-bond acceptors (Lipinski definition) is 4. The largest absolute Gasteiger partial charge is 0.481 e. The smallest absolute Gasteiger partial charge is 0.306 e. The predicted octanol–water partition coefficient (Wildman–Crippen LogP) is -0.0180. The van der Waals surface area contributed by atoms with Gasteiger partial charge in [0.15, 0.2) is 0 Å². The molecule has 2 aliphatic rings. The first-order valence-electron chi connectivity index (χ1n) is 7.01. The minimum Gasteiger partial charge on any atom is -0.481 e. The highest BCUT2D eigenvalue weighted by Crippen LogP contribution is 2.29. The molecule has 0 aromatic carbocycles. The summed E-state index contributed by atoms with van der Waals surface area (Å²) in [5.41, 5.74) is 0. The lowest BCUT2D eigenvalue weighted by Crippen LogP contribution is -2.49. The Labute approximate surface area is 112 Å². The Morgan fingerprint density at radius 1 is 1.32 bits per heavy atom. The van der Waals surface area contributed by atoms with E-state index in [9.17, 15) is 14.7 Å². The number of carbonyl (C=O) groups is 2. The topological polar surface area (TPSA) is 87.7 Å². The van der Waals surface area contributed by atoms with E-state index in [1.807, 2.05) is 0 Å². The summed E-state index contributed by atoms with van der Waals surface area (Å²) in [6.45, 7) is 2.28. The number of ether oxygens (including phenoxy) is 1. The van der Waals surface area contributed by atoms with Gasteiger partial charge < -0.3 is 20.5 Å². The molecule has 1 amide bonds. The number of aliphatic carboxylic acids is 1. The summed E-state index contributed by atoms with van der Waals surface area (Å²) in [7, 11) is 0. The number of nitrogens with one attached hydrogen (secondary N) is 2. The molecule has 3 N–H and O–H groups in total. The van der Waals surface area contributed by atoms with Crippen molar-refractivity contribution in [1.29, 1.82) is 0 Å². The van der Waals surface area contributed by atoms with Crippen LogP contribution in [0.3, 0.4) is 0 Å². The van der Waals surface area contributed by atoms with E-state index < -0.39 is 12.1 Å². The van der Waals surface area contributed by atoms with Gasteiger partial charge in [-0.1, -0.05) is 12.8 Å². The van der Waals surface area contributed by atoms with E-state index in [0.717, 1.165) is 32.2 Å². The summed E-state index contributed by atoms with van der Waals surface area (Å²) in [5.74, 6) is -1.15. The Balaban J connectivity index is 1.79. The van der Waals surface area contributed by atoms with Crippen molar-refractivity contribution in [1.82, 2.24) is 10.6 Å². The third-order valence-corrected chi connectivity index (χ3v) is 3.98. The number of morpholine rings is 1. The average Bonchev–Trinajstić information content (AvgIpc) is 2.46. The van der Waals surface area contributed by atoms with Crippen molar-refractivity contribution in [2.24, 2.45) is 11.8 Å². The zero-order valence-electron chi connectivity index (χ0n) is 11.1. The van der Waals surface area contributed by atoms with E-state index in [4.69, 9.17) is 4.74 Å². The second-order valence-electron chi connectivity index (χ2n) is 5.30. The molecule has 1 aliphatic heterocycles. The normalized spacial score (nSPS) is 31.7. The molecule has 2 fully saturated rings. The lowest BCUT2D eigenvalue weighted by molar-refractivity contribution is -0.145. The van der Waals surface area contributed by atoms with Gasteiger partial charge >= 0.3 is 5.97 Å². The van der Waals surface area contributed by atoms with Crippen molar-refractivity contribution in [2.45, 2.75) is 31.8 Å². The van der Waals surface area contributed by atoms with Crippen molar-refractivity contribution in [3.05, 3.63) is 0 Å². The van der Waals surface area contributed by atoms with E-state index in [1.54, 1.807) is 0 Å². The molecule has 0 spiro atoms. The van der Waals surface area contributed by atoms with Gasteiger partial charge in [0, 0.05) is 19.6 Å². The van der Waals surface area contributed by atoms with Crippen LogP contribution < -0.4 is 10.6 Å². The average molecular weight is 270 g/mol. The SMILES string of the molecule is O=C(NCC1CCCCC1C(=O)O)C1CNCCO1. The Morgan fingerprint density at radius 2 is 2.11 bits per heavy atom. The fourth-order valence-electron chi connectivity index (χ4n) is 2.86. The Morgan fingerprint density at radius 3 is 2.79 bits per heavy atom. The predicted molar refractivity (Wildman–Crippen MR) is 68.7 cm³/mol. The summed E-state index contributed by atoms with van der Waals surface area (Å²) in [5, 5.41) is 15.1. The fraction of sp³-hybridized carbons (Fsp3) is 0.846. The summed E-state index contributed by atoms with van der Waals surface area (Å²) >= 11 is 0. The van der Waals surface area contributed by atoms with Crippen LogP contribution in [0.25, 0.3) is 0 Å². The van der Waals surface area contributed by atoms with E-state index in [0.29, 0.717) is 19.7 Å². The summed E-state index contributed by atoms with van der Waals surface area (Å²) in [4.78, 5) is 23.1. The lowest BCUT2D eigenvalue weighted by atomic mass is 9.79.